The van der Waals surface area contributed by atoms with Gasteiger partial charge >= 0.3 is 0 Å². The van der Waals surface area contributed by atoms with Crippen molar-refractivity contribution >= 4 is 12.2 Å². The fraction of sp³-hybridized carbons (Fsp3) is 0.300. The van der Waals surface area contributed by atoms with Gasteiger partial charge in [0.15, 0.2) is 0 Å². The second-order valence-corrected chi connectivity index (χ2v) is 2.62. The van der Waals surface area contributed by atoms with E-state index in [1.807, 2.05) is 45.1 Å². The Morgan fingerprint density at radius 1 is 1.17 bits per heavy atom. The van der Waals surface area contributed by atoms with E-state index in [1.165, 1.54) is 0 Å². The first-order valence-electron chi connectivity index (χ1n) is 4.10. The lowest BCUT2D eigenvalue weighted by molar-refractivity contribution is 1.14. The van der Waals surface area contributed by atoms with Gasteiger partial charge in [-0.05, 0) is 32.9 Å². The van der Waals surface area contributed by atoms with E-state index in [0.29, 0.717) is 0 Å². The zero-order valence-electron chi connectivity index (χ0n) is 7.76. The van der Waals surface area contributed by atoms with Gasteiger partial charge in [-0.1, -0.05) is 12.2 Å². The number of allylic oxidation sites excluding steroid dienone is 2. The van der Waals surface area contributed by atoms with Crippen molar-refractivity contribution in [2.45, 2.75) is 20.8 Å². The number of nitrogens with zero attached hydrogens (tertiary/aromatic N) is 1. The van der Waals surface area contributed by atoms with Crippen LogP contribution in [0.3, 0.4) is 0 Å². The number of nitrogens with one attached hydrogen (secondary N) is 1. The van der Waals surface area contributed by atoms with Gasteiger partial charge < -0.3 is 4.98 Å². The van der Waals surface area contributed by atoms with E-state index < -0.39 is 0 Å². The summed E-state index contributed by atoms with van der Waals surface area (Å²) < 4.78 is 0. The Bertz CT molecular complexity index is 276. The number of rotatable bonds is 2. The Morgan fingerprint density at radius 2 is 1.83 bits per heavy atom. The molecule has 0 fully saturated rings. The number of aromatic nitrogens is 2. The van der Waals surface area contributed by atoms with Gasteiger partial charge in [-0.15, -0.1) is 0 Å². The molecule has 1 aromatic heterocycles. The minimum atomic E-state index is 0.955. The lowest BCUT2D eigenvalue weighted by Gasteiger charge is -1.87. The molecule has 0 amide bonds. The Labute approximate surface area is 73.0 Å². The zero-order chi connectivity index (χ0) is 8.97. The first kappa shape index (κ1) is 8.78. The Hall–Kier alpha value is -1.31. The molecule has 2 heteroatoms. The van der Waals surface area contributed by atoms with Crippen LogP contribution in [0.2, 0.25) is 0 Å². The number of aryl methyl sites for hydroxylation is 1. The molecule has 0 atom stereocenters. The first-order chi connectivity index (χ1) is 5.77. The van der Waals surface area contributed by atoms with Crippen LogP contribution >= 0.6 is 0 Å². The number of H-pyrrole nitrogens is 1. The van der Waals surface area contributed by atoms with Crippen LogP contribution in [0.1, 0.15) is 31.1 Å². The van der Waals surface area contributed by atoms with Crippen LogP contribution in [0, 0.1) is 6.92 Å². The molecule has 0 aliphatic carbocycles. The molecule has 0 spiro atoms. The maximum atomic E-state index is 4.33. The van der Waals surface area contributed by atoms with E-state index in [1.54, 1.807) is 0 Å². The Kier molecular flexibility index (Phi) is 2.86. The monoisotopic (exact) mass is 162 g/mol. The smallest absolute Gasteiger partial charge is 0.104 e. The van der Waals surface area contributed by atoms with Gasteiger partial charge in [0.05, 0.1) is 11.4 Å². The lowest BCUT2D eigenvalue weighted by atomic mass is 10.3. The highest BCUT2D eigenvalue weighted by atomic mass is 14.9. The van der Waals surface area contributed by atoms with Gasteiger partial charge in [0.25, 0.3) is 0 Å². The van der Waals surface area contributed by atoms with Crippen LogP contribution in [-0.4, -0.2) is 9.97 Å². The summed E-state index contributed by atoms with van der Waals surface area (Å²) in [6.07, 6.45) is 8.01. The number of aromatic amines is 1. The van der Waals surface area contributed by atoms with Gasteiger partial charge in [0, 0.05) is 0 Å². The summed E-state index contributed by atoms with van der Waals surface area (Å²) in [5, 5.41) is 0. The zero-order valence-corrected chi connectivity index (χ0v) is 7.76. The average Bonchev–Trinajstić information content (AvgIpc) is 2.33. The summed E-state index contributed by atoms with van der Waals surface area (Å²) in [5.74, 6) is 0.955. The van der Waals surface area contributed by atoms with Crippen molar-refractivity contribution in [3.63, 3.8) is 0 Å². The summed E-state index contributed by atoms with van der Waals surface area (Å²) in [7, 11) is 0. The van der Waals surface area contributed by atoms with Crippen LogP contribution < -0.4 is 0 Å². The molecule has 1 N–H and O–H groups in total. The van der Waals surface area contributed by atoms with Crippen molar-refractivity contribution in [1.29, 1.82) is 0 Å². The van der Waals surface area contributed by atoms with Crippen molar-refractivity contribution in [1.82, 2.24) is 9.97 Å². The van der Waals surface area contributed by atoms with Crippen LogP contribution in [-0.2, 0) is 0 Å². The van der Waals surface area contributed by atoms with Crippen molar-refractivity contribution < 1.29 is 0 Å². The summed E-state index contributed by atoms with van der Waals surface area (Å²) in [5.41, 5.74) is 2.08. The summed E-state index contributed by atoms with van der Waals surface area (Å²) in [4.78, 5) is 7.51. The molecule has 0 bridgehead atoms. The van der Waals surface area contributed by atoms with Crippen molar-refractivity contribution in [2.24, 2.45) is 0 Å². The lowest BCUT2D eigenvalue weighted by Crippen LogP contribution is -1.75. The predicted molar refractivity (Wildman–Crippen MR) is 52.7 cm³/mol. The van der Waals surface area contributed by atoms with E-state index >= 15 is 0 Å². The fourth-order valence-corrected chi connectivity index (χ4v) is 1.11. The molecular weight excluding hydrogens is 148 g/mol. The highest BCUT2D eigenvalue weighted by molar-refractivity contribution is 5.59. The second-order valence-electron chi connectivity index (χ2n) is 2.62. The molecule has 0 saturated carbocycles. The normalized spacial score (nSPS) is 11.9. The van der Waals surface area contributed by atoms with Crippen LogP contribution in [0.4, 0.5) is 0 Å². The summed E-state index contributed by atoms with van der Waals surface area (Å²) in [6, 6.07) is 0. The molecule has 0 saturated heterocycles. The molecular formula is C10H14N2. The molecule has 12 heavy (non-hydrogen) atoms. The largest absolute Gasteiger partial charge is 0.342 e. The van der Waals surface area contributed by atoms with Crippen LogP contribution in [0.5, 0.6) is 0 Å². The standard InChI is InChI=1S/C10H14N2/c1-4-6-9-10(7-5-2)12-8(3)11-9/h4-7H,1-3H3,(H,11,12)/b6-4-,7-5-. The summed E-state index contributed by atoms with van der Waals surface area (Å²) in [6.45, 7) is 5.94. The molecule has 0 aliphatic heterocycles. The van der Waals surface area contributed by atoms with E-state index in [0.717, 1.165) is 17.2 Å². The third-order valence-corrected chi connectivity index (χ3v) is 1.54. The van der Waals surface area contributed by atoms with E-state index in [9.17, 15) is 0 Å². The average molecular weight is 162 g/mol. The number of hydrogen-bond acceptors (Lipinski definition) is 1. The summed E-state index contributed by atoms with van der Waals surface area (Å²) >= 11 is 0. The minimum absolute atomic E-state index is 0.955. The molecule has 0 unspecified atom stereocenters. The predicted octanol–water partition coefficient (Wildman–Crippen LogP) is 2.78. The third-order valence-electron chi connectivity index (χ3n) is 1.54. The van der Waals surface area contributed by atoms with Gasteiger partial charge in [-0.25, -0.2) is 4.98 Å². The quantitative estimate of drug-likeness (QED) is 0.711. The molecule has 0 aromatic carbocycles. The van der Waals surface area contributed by atoms with Crippen LogP contribution in [0.15, 0.2) is 12.2 Å². The van der Waals surface area contributed by atoms with Crippen molar-refractivity contribution in [2.75, 3.05) is 0 Å². The SMILES string of the molecule is C/C=C\c1nc(C)[nH]c1/C=C\C. The Morgan fingerprint density at radius 3 is 2.42 bits per heavy atom. The van der Waals surface area contributed by atoms with E-state index in [4.69, 9.17) is 0 Å². The van der Waals surface area contributed by atoms with E-state index in [2.05, 4.69) is 9.97 Å². The maximum Gasteiger partial charge on any atom is 0.104 e. The molecule has 0 radical (unpaired) electrons. The second kappa shape index (κ2) is 3.90. The molecule has 1 rings (SSSR count). The molecule has 64 valence electrons. The highest BCUT2D eigenvalue weighted by Crippen LogP contribution is 2.09. The number of imidazole rings is 1. The number of hydrogen-bond donors (Lipinski definition) is 1. The highest BCUT2D eigenvalue weighted by Gasteiger charge is 1.99. The molecule has 1 heterocycles. The topological polar surface area (TPSA) is 28.7 Å². The molecule has 1 aromatic rings. The van der Waals surface area contributed by atoms with Crippen molar-refractivity contribution in [3.05, 3.63) is 29.4 Å². The van der Waals surface area contributed by atoms with Gasteiger partial charge in [-0.2, -0.15) is 0 Å². The van der Waals surface area contributed by atoms with Gasteiger partial charge in [0.1, 0.15) is 5.82 Å². The minimum Gasteiger partial charge on any atom is -0.342 e. The fourth-order valence-electron chi connectivity index (χ4n) is 1.11. The van der Waals surface area contributed by atoms with E-state index in [-0.39, 0.29) is 0 Å². The van der Waals surface area contributed by atoms with Gasteiger partial charge in [-0.3, -0.25) is 0 Å². The molecule has 2 nitrogen and oxygen atoms in total. The van der Waals surface area contributed by atoms with Crippen LogP contribution in [0.25, 0.3) is 12.2 Å². The maximum absolute atomic E-state index is 4.33. The third kappa shape index (κ3) is 1.84. The van der Waals surface area contributed by atoms with Crippen molar-refractivity contribution in [3.8, 4) is 0 Å². The van der Waals surface area contributed by atoms with Gasteiger partial charge in [0.2, 0.25) is 0 Å². The molecule has 0 aliphatic rings. The Balaban J connectivity index is 3.07. The first-order valence-corrected chi connectivity index (χ1v) is 4.10.